The Labute approximate surface area is 123 Å². The molecule has 4 heteroatoms. The lowest BCUT2D eigenvalue weighted by molar-refractivity contribution is 1.18. The fraction of sp³-hybridized carbons (Fsp3) is 0.200. The van der Waals surface area contributed by atoms with E-state index in [0.29, 0.717) is 15.7 Å². The van der Waals surface area contributed by atoms with E-state index in [0.717, 1.165) is 22.5 Å². The van der Waals surface area contributed by atoms with Crippen molar-refractivity contribution in [3.63, 3.8) is 0 Å². The number of aryl methyl sites for hydroxylation is 2. The van der Waals surface area contributed by atoms with E-state index < -0.39 is 0 Å². The number of benzene rings is 2. The molecule has 0 fully saturated rings. The highest BCUT2D eigenvalue weighted by molar-refractivity contribution is 6.36. The molecule has 0 aromatic heterocycles. The fourth-order valence-electron chi connectivity index (χ4n) is 2.09. The first-order valence-electron chi connectivity index (χ1n) is 5.95. The molecule has 0 heterocycles. The molecule has 0 spiro atoms. The highest BCUT2D eigenvalue weighted by Gasteiger charge is 2.13. The number of rotatable bonds is 2. The van der Waals surface area contributed by atoms with Crippen LogP contribution in [0.4, 0.5) is 17.1 Å². The van der Waals surface area contributed by atoms with Gasteiger partial charge in [0.2, 0.25) is 0 Å². The second-order valence-corrected chi connectivity index (χ2v) is 5.49. The summed E-state index contributed by atoms with van der Waals surface area (Å²) >= 11 is 12.4. The van der Waals surface area contributed by atoms with Crippen molar-refractivity contribution in [2.24, 2.45) is 0 Å². The van der Waals surface area contributed by atoms with Crippen LogP contribution in [0.25, 0.3) is 0 Å². The van der Waals surface area contributed by atoms with Gasteiger partial charge in [-0.15, -0.1) is 0 Å². The Morgan fingerprint density at radius 1 is 1.00 bits per heavy atom. The van der Waals surface area contributed by atoms with Crippen molar-refractivity contribution >= 4 is 40.3 Å². The van der Waals surface area contributed by atoms with E-state index in [-0.39, 0.29) is 0 Å². The zero-order valence-corrected chi connectivity index (χ0v) is 12.7. The first-order chi connectivity index (χ1) is 8.90. The van der Waals surface area contributed by atoms with Gasteiger partial charge in [-0.05, 0) is 49.2 Å². The van der Waals surface area contributed by atoms with Crippen LogP contribution in [0, 0.1) is 13.8 Å². The van der Waals surface area contributed by atoms with Gasteiger partial charge in [0.15, 0.2) is 0 Å². The summed E-state index contributed by atoms with van der Waals surface area (Å²) in [5.41, 5.74) is 10.6. The molecule has 0 saturated heterocycles. The van der Waals surface area contributed by atoms with Gasteiger partial charge in [-0.2, -0.15) is 0 Å². The fourth-order valence-corrected chi connectivity index (χ4v) is 2.50. The molecule has 0 aliphatic carbocycles. The zero-order chi connectivity index (χ0) is 14.2. The zero-order valence-electron chi connectivity index (χ0n) is 11.2. The number of nitrogens with zero attached hydrogens (tertiary/aromatic N) is 1. The Bertz CT molecular complexity index is 624. The molecule has 0 radical (unpaired) electrons. The van der Waals surface area contributed by atoms with Crippen LogP contribution in [0.2, 0.25) is 10.0 Å². The number of hydrogen-bond donors (Lipinski definition) is 1. The van der Waals surface area contributed by atoms with Crippen LogP contribution in [0.5, 0.6) is 0 Å². The van der Waals surface area contributed by atoms with Gasteiger partial charge in [0.1, 0.15) is 0 Å². The van der Waals surface area contributed by atoms with Crippen LogP contribution in [0.3, 0.4) is 0 Å². The van der Waals surface area contributed by atoms with Crippen LogP contribution in [0.1, 0.15) is 11.1 Å². The second-order valence-electron chi connectivity index (χ2n) is 4.68. The first kappa shape index (κ1) is 14.0. The SMILES string of the molecule is Cc1cc(N)c(Cl)c(N(C)c2cc(Cl)ccc2C)c1. The van der Waals surface area contributed by atoms with E-state index in [4.69, 9.17) is 28.9 Å². The van der Waals surface area contributed by atoms with Crippen molar-refractivity contribution in [1.82, 2.24) is 0 Å². The predicted molar refractivity (Wildman–Crippen MR) is 84.9 cm³/mol. The molecular weight excluding hydrogens is 279 g/mol. The van der Waals surface area contributed by atoms with Crippen LogP contribution in [-0.4, -0.2) is 7.05 Å². The lowest BCUT2D eigenvalue weighted by Crippen LogP contribution is -2.12. The number of nitrogen functional groups attached to an aromatic ring is 1. The summed E-state index contributed by atoms with van der Waals surface area (Å²) in [6.45, 7) is 4.03. The molecule has 0 amide bonds. The molecule has 2 rings (SSSR count). The van der Waals surface area contributed by atoms with Gasteiger partial charge < -0.3 is 10.6 Å². The minimum Gasteiger partial charge on any atom is -0.397 e. The van der Waals surface area contributed by atoms with Crippen molar-refractivity contribution in [2.45, 2.75) is 13.8 Å². The van der Waals surface area contributed by atoms with Crippen LogP contribution in [-0.2, 0) is 0 Å². The van der Waals surface area contributed by atoms with Crippen molar-refractivity contribution in [2.75, 3.05) is 17.7 Å². The Hall–Kier alpha value is -1.38. The standard InChI is InChI=1S/C15H16Cl2N2/c1-9-6-12(18)15(17)14(7-9)19(3)13-8-11(16)5-4-10(13)2/h4-8H,18H2,1-3H3. The third-order valence-electron chi connectivity index (χ3n) is 3.12. The smallest absolute Gasteiger partial charge is 0.0872 e. The largest absolute Gasteiger partial charge is 0.397 e. The molecule has 19 heavy (non-hydrogen) atoms. The van der Waals surface area contributed by atoms with E-state index in [2.05, 4.69) is 0 Å². The third kappa shape index (κ3) is 2.80. The number of nitrogens with two attached hydrogens (primary N) is 1. The van der Waals surface area contributed by atoms with E-state index in [1.807, 2.05) is 56.1 Å². The molecule has 100 valence electrons. The van der Waals surface area contributed by atoms with Gasteiger partial charge in [0.25, 0.3) is 0 Å². The topological polar surface area (TPSA) is 29.3 Å². The normalized spacial score (nSPS) is 10.6. The number of anilines is 3. The molecule has 2 N–H and O–H groups in total. The van der Waals surface area contributed by atoms with E-state index >= 15 is 0 Å². The van der Waals surface area contributed by atoms with Crippen molar-refractivity contribution in [3.05, 3.63) is 51.5 Å². The average Bonchev–Trinajstić information content (AvgIpc) is 2.36. The lowest BCUT2D eigenvalue weighted by Gasteiger charge is -2.24. The van der Waals surface area contributed by atoms with Gasteiger partial charge in [0, 0.05) is 17.8 Å². The van der Waals surface area contributed by atoms with Crippen molar-refractivity contribution in [3.8, 4) is 0 Å². The maximum absolute atomic E-state index is 6.30. The molecule has 0 unspecified atom stereocenters. The maximum atomic E-state index is 6.30. The number of hydrogen-bond acceptors (Lipinski definition) is 2. The van der Waals surface area contributed by atoms with Gasteiger partial charge >= 0.3 is 0 Å². The summed E-state index contributed by atoms with van der Waals surface area (Å²) in [5.74, 6) is 0. The van der Waals surface area contributed by atoms with Crippen molar-refractivity contribution in [1.29, 1.82) is 0 Å². The molecule has 0 atom stereocenters. The van der Waals surface area contributed by atoms with E-state index in [9.17, 15) is 0 Å². The van der Waals surface area contributed by atoms with Gasteiger partial charge in [-0.1, -0.05) is 29.3 Å². The molecule has 0 aliphatic heterocycles. The molecule has 0 aliphatic rings. The summed E-state index contributed by atoms with van der Waals surface area (Å²) in [4.78, 5) is 2.01. The minimum absolute atomic E-state index is 0.562. The monoisotopic (exact) mass is 294 g/mol. The summed E-state index contributed by atoms with van der Waals surface area (Å²) in [5, 5.41) is 1.26. The lowest BCUT2D eigenvalue weighted by atomic mass is 10.1. The minimum atomic E-state index is 0.562. The van der Waals surface area contributed by atoms with Gasteiger partial charge in [0.05, 0.1) is 16.4 Å². The Morgan fingerprint density at radius 3 is 2.37 bits per heavy atom. The van der Waals surface area contributed by atoms with Crippen LogP contribution < -0.4 is 10.6 Å². The van der Waals surface area contributed by atoms with Gasteiger partial charge in [-0.3, -0.25) is 0 Å². The second kappa shape index (κ2) is 5.32. The first-order valence-corrected chi connectivity index (χ1v) is 6.71. The summed E-state index contributed by atoms with van der Waals surface area (Å²) < 4.78 is 0. The van der Waals surface area contributed by atoms with Crippen LogP contribution >= 0.6 is 23.2 Å². The van der Waals surface area contributed by atoms with E-state index in [1.165, 1.54) is 0 Å². The molecule has 0 bridgehead atoms. The molecule has 0 saturated carbocycles. The summed E-state index contributed by atoms with van der Waals surface area (Å²) in [6, 6.07) is 9.66. The maximum Gasteiger partial charge on any atom is 0.0872 e. The molecular formula is C15H16Cl2N2. The predicted octanol–water partition coefficient (Wildman–Crippen LogP) is 4.96. The molecule has 2 nitrogen and oxygen atoms in total. The van der Waals surface area contributed by atoms with Gasteiger partial charge in [-0.25, -0.2) is 0 Å². The summed E-state index contributed by atoms with van der Waals surface area (Å²) in [7, 11) is 1.96. The highest BCUT2D eigenvalue weighted by Crippen LogP contribution is 2.37. The quantitative estimate of drug-likeness (QED) is 0.793. The molecule has 2 aromatic carbocycles. The molecule has 2 aromatic rings. The Balaban J connectivity index is 2.55. The van der Waals surface area contributed by atoms with Crippen molar-refractivity contribution < 1.29 is 0 Å². The Kier molecular flexibility index (Phi) is 3.93. The third-order valence-corrected chi connectivity index (χ3v) is 3.77. The average molecular weight is 295 g/mol. The van der Waals surface area contributed by atoms with E-state index in [1.54, 1.807) is 0 Å². The Morgan fingerprint density at radius 2 is 1.68 bits per heavy atom. The summed E-state index contributed by atoms with van der Waals surface area (Å²) in [6.07, 6.45) is 0. The number of halogens is 2. The highest BCUT2D eigenvalue weighted by atomic mass is 35.5. The van der Waals surface area contributed by atoms with Crippen LogP contribution in [0.15, 0.2) is 30.3 Å².